The van der Waals surface area contributed by atoms with Crippen LogP contribution in [-0.4, -0.2) is 23.7 Å². The molecule has 0 spiro atoms. The molecule has 1 amide bonds. The number of carbonyl (C=O) groups is 1. The molecule has 122 valence electrons. The minimum absolute atomic E-state index is 0.205. The third-order valence-corrected chi connectivity index (χ3v) is 5.59. The molecule has 0 radical (unpaired) electrons. The Morgan fingerprint density at radius 2 is 1.81 bits per heavy atom. The average molecular weight is 295 g/mol. The highest BCUT2D eigenvalue weighted by atomic mass is 16.3. The standard InChI is InChI=1S/C18H33NO2/c1-2-3-6-14-9-11-15(12-10-14)18(21)19-13-16-7-4-5-8-17(16)20/h14-17,20H,2-13H2,1H3,(H,19,21). The molecule has 2 aliphatic carbocycles. The SMILES string of the molecule is CCCCC1CCC(C(=O)NCC2CCCCC2O)CC1. The highest BCUT2D eigenvalue weighted by molar-refractivity contribution is 5.78. The maximum Gasteiger partial charge on any atom is 0.223 e. The van der Waals surface area contributed by atoms with Crippen molar-refractivity contribution in [3.63, 3.8) is 0 Å². The summed E-state index contributed by atoms with van der Waals surface area (Å²) >= 11 is 0. The average Bonchev–Trinajstić information content (AvgIpc) is 2.52. The van der Waals surface area contributed by atoms with Crippen LogP contribution < -0.4 is 5.32 Å². The number of carbonyl (C=O) groups excluding carboxylic acids is 1. The fourth-order valence-corrected chi connectivity index (χ4v) is 4.01. The van der Waals surface area contributed by atoms with Gasteiger partial charge in [0.1, 0.15) is 0 Å². The third kappa shape index (κ3) is 5.28. The summed E-state index contributed by atoms with van der Waals surface area (Å²) in [6, 6.07) is 0. The monoisotopic (exact) mass is 295 g/mol. The Morgan fingerprint density at radius 3 is 2.48 bits per heavy atom. The van der Waals surface area contributed by atoms with E-state index >= 15 is 0 Å². The molecule has 2 fully saturated rings. The fourth-order valence-electron chi connectivity index (χ4n) is 4.01. The molecule has 2 aliphatic rings. The molecule has 21 heavy (non-hydrogen) atoms. The van der Waals surface area contributed by atoms with Gasteiger partial charge in [0.2, 0.25) is 5.91 Å². The summed E-state index contributed by atoms with van der Waals surface area (Å²) < 4.78 is 0. The van der Waals surface area contributed by atoms with E-state index in [0.29, 0.717) is 6.54 Å². The quantitative estimate of drug-likeness (QED) is 0.786. The fraction of sp³-hybridized carbons (Fsp3) is 0.944. The van der Waals surface area contributed by atoms with Crippen molar-refractivity contribution in [2.45, 2.75) is 83.7 Å². The summed E-state index contributed by atoms with van der Waals surface area (Å²) in [4.78, 5) is 12.3. The molecular weight excluding hydrogens is 262 g/mol. The van der Waals surface area contributed by atoms with Crippen molar-refractivity contribution in [3.05, 3.63) is 0 Å². The van der Waals surface area contributed by atoms with Crippen LogP contribution in [0.15, 0.2) is 0 Å². The lowest BCUT2D eigenvalue weighted by molar-refractivity contribution is -0.126. The van der Waals surface area contributed by atoms with E-state index in [-0.39, 0.29) is 23.8 Å². The van der Waals surface area contributed by atoms with Gasteiger partial charge in [-0.15, -0.1) is 0 Å². The number of nitrogens with one attached hydrogen (secondary N) is 1. The van der Waals surface area contributed by atoms with Gasteiger partial charge in [-0.25, -0.2) is 0 Å². The van der Waals surface area contributed by atoms with Gasteiger partial charge in [-0.1, -0.05) is 39.0 Å². The molecule has 2 saturated carbocycles. The van der Waals surface area contributed by atoms with E-state index in [9.17, 15) is 9.90 Å². The Hall–Kier alpha value is -0.570. The van der Waals surface area contributed by atoms with Crippen molar-refractivity contribution in [1.29, 1.82) is 0 Å². The van der Waals surface area contributed by atoms with Crippen molar-refractivity contribution in [3.8, 4) is 0 Å². The van der Waals surface area contributed by atoms with Gasteiger partial charge in [-0.2, -0.15) is 0 Å². The van der Waals surface area contributed by atoms with Crippen LogP contribution in [-0.2, 0) is 4.79 Å². The second kappa shape index (κ2) is 8.77. The molecular formula is C18H33NO2. The highest BCUT2D eigenvalue weighted by Crippen LogP contribution is 2.32. The van der Waals surface area contributed by atoms with Gasteiger partial charge in [0.25, 0.3) is 0 Å². The van der Waals surface area contributed by atoms with Gasteiger partial charge in [0.05, 0.1) is 6.10 Å². The molecule has 0 saturated heterocycles. The van der Waals surface area contributed by atoms with E-state index < -0.39 is 0 Å². The third-order valence-electron chi connectivity index (χ3n) is 5.59. The van der Waals surface area contributed by atoms with E-state index in [0.717, 1.165) is 38.0 Å². The summed E-state index contributed by atoms with van der Waals surface area (Å²) in [6.45, 7) is 2.93. The normalized spacial score (nSPS) is 33.6. The van der Waals surface area contributed by atoms with Gasteiger partial charge >= 0.3 is 0 Å². The summed E-state index contributed by atoms with van der Waals surface area (Å²) in [7, 11) is 0. The van der Waals surface area contributed by atoms with Crippen LogP contribution >= 0.6 is 0 Å². The lowest BCUT2D eigenvalue weighted by Gasteiger charge is -2.30. The predicted molar refractivity (Wildman–Crippen MR) is 85.9 cm³/mol. The second-order valence-electron chi connectivity index (χ2n) is 7.22. The number of hydrogen-bond donors (Lipinski definition) is 2. The summed E-state index contributed by atoms with van der Waals surface area (Å²) in [6.07, 6.45) is 12.6. The lowest BCUT2D eigenvalue weighted by Crippen LogP contribution is -2.40. The summed E-state index contributed by atoms with van der Waals surface area (Å²) in [5.41, 5.74) is 0. The molecule has 2 atom stereocenters. The first-order chi connectivity index (χ1) is 10.2. The zero-order valence-electron chi connectivity index (χ0n) is 13.7. The van der Waals surface area contributed by atoms with Crippen molar-refractivity contribution >= 4 is 5.91 Å². The predicted octanol–water partition coefficient (Wildman–Crippen LogP) is 3.65. The van der Waals surface area contributed by atoms with Crippen LogP contribution in [0.2, 0.25) is 0 Å². The van der Waals surface area contributed by atoms with Gasteiger partial charge in [-0.05, 0) is 44.4 Å². The maximum atomic E-state index is 12.3. The molecule has 3 heteroatoms. The molecule has 3 nitrogen and oxygen atoms in total. The van der Waals surface area contributed by atoms with Crippen molar-refractivity contribution in [1.82, 2.24) is 5.32 Å². The van der Waals surface area contributed by atoms with E-state index in [2.05, 4.69) is 12.2 Å². The largest absolute Gasteiger partial charge is 0.393 e. The number of amides is 1. The first-order valence-corrected chi connectivity index (χ1v) is 9.16. The molecule has 0 aliphatic heterocycles. The van der Waals surface area contributed by atoms with E-state index in [1.807, 2.05) is 0 Å². The van der Waals surface area contributed by atoms with Crippen molar-refractivity contribution in [2.75, 3.05) is 6.54 Å². The Bertz CT molecular complexity index is 310. The van der Waals surface area contributed by atoms with Crippen LogP contribution in [0.1, 0.15) is 77.6 Å². The highest BCUT2D eigenvalue weighted by Gasteiger charge is 2.28. The van der Waals surface area contributed by atoms with E-state index in [1.165, 1.54) is 38.5 Å². The zero-order chi connectivity index (χ0) is 15.1. The Morgan fingerprint density at radius 1 is 1.10 bits per heavy atom. The van der Waals surface area contributed by atoms with Gasteiger partial charge in [0.15, 0.2) is 0 Å². The molecule has 0 aromatic heterocycles. The maximum absolute atomic E-state index is 12.3. The van der Waals surface area contributed by atoms with Crippen LogP contribution in [0.25, 0.3) is 0 Å². The van der Waals surface area contributed by atoms with Gasteiger partial charge in [-0.3, -0.25) is 4.79 Å². The molecule has 0 bridgehead atoms. The Kier molecular flexibility index (Phi) is 7.01. The van der Waals surface area contributed by atoms with E-state index in [4.69, 9.17) is 0 Å². The smallest absolute Gasteiger partial charge is 0.223 e. The number of unbranched alkanes of at least 4 members (excludes halogenated alkanes) is 1. The summed E-state index contributed by atoms with van der Waals surface area (Å²) in [5, 5.41) is 13.1. The van der Waals surface area contributed by atoms with Gasteiger partial charge in [0, 0.05) is 18.4 Å². The molecule has 2 N–H and O–H groups in total. The van der Waals surface area contributed by atoms with E-state index in [1.54, 1.807) is 0 Å². The first kappa shape index (κ1) is 16.8. The topological polar surface area (TPSA) is 49.3 Å². The Labute approximate surface area is 129 Å². The number of aliphatic hydroxyl groups is 1. The van der Waals surface area contributed by atoms with Gasteiger partial charge < -0.3 is 10.4 Å². The Balaban J connectivity index is 1.65. The minimum atomic E-state index is -0.205. The molecule has 0 aromatic carbocycles. The molecule has 2 rings (SSSR count). The summed E-state index contributed by atoms with van der Waals surface area (Å²) in [5.74, 6) is 1.60. The molecule has 0 heterocycles. The zero-order valence-corrected chi connectivity index (χ0v) is 13.7. The lowest BCUT2D eigenvalue weighted by atomic mass is 9.79. The van der Waals surface area contributed by atoms with Crippen molar-refractivity contribution < 1.29 is 9.90 Å². The van der Waals surface area contributed by atoms with Crippen LogP contribution in [0.3, 0.4) is 0 Å². The van der Waals surface area contributed by atoms with Crippen LogP contribution in [0.4, 0.5) is 0 Å². The first-order valence-electron chi connectivity index (χ1n) is 9.16. The molecule has 0 aromatic rings. The minimum Gasteiger partial charge on any atom is -0.393 e. The number of aliphatic hydroxyl groups excluding tert-OH is 1. The molecule has 2 unspecified atom stereocenters. The number of rotatable bonds is 6. The number of hydrogen-bond acceptors (Lipinski definition) is 2. The second-order valence-corrected chi connectivity index (χ2v) is 7.22. The van der Waals surface area contributed by atoms with Crippen LogP contribution in [0, 0.1) is 17.8 Å². The van der Waals surface area contributed by atoms with Crippen LogP contribution in [0.5, 0.6) is 0 Å². The van der Waals surface area contributed by atoms with Crippen molar-refractivity contribution in [2.24, 2.45) is 17.8 Å².